The van der Waals surface area contributed by atoms with Crippen LogP contribution in [0.15, 0.2) is 41.8 Å². The standard InChI is InChI=1S/C26H32ClN5O2S2/c1-26(2,3)24-22-23(19-10-7-13-35-19)36-16-21(34)31(15-20(33)28-11-12-30(4)5)25(22)32(29-24)18-9-6-8-17(27)14-18/h6-10,13-14,23H,11-12,15-16H2,1-5H3,(H,28,33). The van der Waals surface area contributed by atoms with Crippen molar-refractivity contribution in [3.63, 3.8) is 0 Å². The summed E-state index contributed by atoms with van der Waals surface area (Å²) in [6.45, 7) is 7.52. The van der Waals surface area contributed by atoms with E-state index in [1.165, 1.54) is 0 Å². The van der Waals surface area contributed by atoms with Crippen molar-refractivity contribution in [1.82, 2.24) is 20.0 Å². The fourth-order valence-corrected chi connectivity index (χ4v) is 6.50. The zero-order chi connectivity index (χ0) is 26.0. The molecule has 1 aliphatic rings. The second-order valence-corrected chi connectivity index (χ2v) is 12.6. The van der Waals surface area contributed by atoms with E-state index in [1.54, 1.807) is 32.7 Å². The summed E-state index contributed by atoms with van der Waals surface area (Å²) >= 11 is 9.61. The molecule has 0 saturated heterocycles. The lowest BCUT2D eigenvalue weighted by atomic mass is 9.88. The van der Waals surface area contributed by atoms with E-state index < -0.39 is 0 Å². The van der Waals surface area contributed by atoms with Crippen LogP contribution in [-0.4, -0.2) is 66.0 Å². The predicted molar refractivity (Wildman–Crippen MR) is 150 cm³/mol. The molecule has 0 spiro atoms. The van der Waals surface area contributed by atoms with Gasteiger partial charge in [-0.1, -0.05) is 44.5 Å². The number of likely N-dealkylation sites (N-methyl/N-ethyl adjacent to an activating group) is 1. The van der Waals surface area contributed by atoms with Gasteiger partial charge in [0.2, 0.25) is 11.8 Å². The number of benzene rings is 1. The lowest BCUT2D eigenvalue weighted by molar-refractivity contribution is -0.122. The molecule has 2 amide bonds. The van der Waals surface area contributed by atoms with Gasteiger partial charge in [-0.05, 0) is 43.7 Å². The van der Waals surface area contributed by atoms with Gasteiger partial charge in [0.1, 0.15) is 12.4 Å². The van der Waals surface area contributed by atoms with Gasteiger partial charge in [-0.25, -0.2) is 4.68 Å². The number of amides is 2. The van der Waals surface area contributed by atoms with Crippen LogP contribution in [0.25, 0.3) is 5.69 Å². The van der Waals surface area contributed by atoms with Crippen molar-refractivity contribution in [3.8, 4) is 5.69 Å². The van der Waals surface area contributed by atoms with E-state index in [-0.39, 0.29) is 34.8 Å². The van der Waals surface area contributed by atoms with Crippen LogP contribution in [0.1, 0.15) is 42.2 Å². The highest BCUT2D eigenvalue weighted by Crippen LogP contribution is 2.49. The molecule has 3 heterocycles. The number of rotatable bonds is 7. The van der Waals surface area contributed by atoms with E-state index in [0.717, 1.165) is 28.4 Å². The zero-order valence-electron chi connectivity index (χ0n) is 21.2. The molecule has 192 valence electrons. The Morgan fingerprint density at radius 1 is 1.25 bits per heavy atom. The van der Waals surface area contributed by atoms with Gasteiger partial charge in [0.05, 0.1) is 22.4 Å². The van der Waals surface area contributed by atoms with Crippen LogP contribution < -0.4 is 10.2 Å². The molecule has 0 bridgehead atoms. The Balaban J connectivity index is 1.89. The van der Waals surface area contributed by atoms with E-state index in [0.29, 0.717) is 17.4 Å². The summed E-state index contributed by atoms with van der Waals surface area (Å²) in [6, 6.07) is 11.6. The number of nitrogens with zero attached hydrogens (tertiary/aromatic N) is 4. The summed E-state index contributed by atoms with van der Waals surface area (Å²) in [5.74, 6) is 0.582. The van der Waals surface area contributed by atoms with Crippen LogP contribution >= 0.6 is 34.7 Å². The second-order valence-electron chi connectivity index (χ2n) is 10.1. The highest BCUT2D eigenvalue weighted by Gasteiger charge is 2.40. The fraction of sp³-hybridized carbons (Fsp3) is 0.423. The van der Waals surface area contributed by atoms with Gasteiger partial charge in [0.25, 0.3) is 0 Å². The van der Waals surface area contributed by atoms with Crippen molar-refractivity contribution < 1.29 is 9.59 Å². The predicted octanol–water partition coefficient (Wildman–Crippen LogP) is 4.73. The molecule has 1 atom stereocenters. The number of aromatic nitrogens is 2. The maximum Gasteiger partial charge on any atom is 0.240 e. The van der Waals surface area contributed by atoms with Gasteiger partial charge in [-0.3, -0.25) is 14.5 Å². The van der Waals surface area contributed by atoms with Crippen LogP contribution in [0.3, 0.4) is 0 Å². The van der Waals surface area contributed by atoms with Gasteiger partial charge in [0, 0.05) is 34.0 Å². The van der Waals surface area contributed by atoms with E-state index in [2.05, 4.69) is 37.5 Å². The van der Waals surface area contributed by atoms with E-state index >= 15 is 0 Å². The topological polar surface area (TPSA) is 70.5 Å². The minimum atomic E-state index is -0.295. The summed E-state index contributed by atoms with van der Waals surface area (Å²) in [4.78, 5) is 31.3. The first-order valence-electron chi connectivity index (χ1n) is 11.8. The molecule has 4 rings (SSSR count). The molecule has 1 aliphatic heterocycles. The van der Waals surface area contributed by atoms with Crippen LogP contribution in [0, 0.1) is 0 Å². The fourth-order valence-electron chi connectivity index (χ4n) is 4.14. The molecule has 36 heavy (non-hydrogen) atoms. The molecule has 1 N–H and O–H groups in total. The number of thiophene rings is 1. The van der Waals surface area contributed by atoms with Crippen molar-refractivity contribution in [2.45, 2.75) is 31.4 Å². The number of hydrogen-bond donors (Lipinski definition) is 1. The third-order valence-corrected chi connectivity index (χ3v) is 8.39. The monoisotopic (exact) mass is 545 g/mol. The third-order valence-electron chi connectivity index (χ3n) is 5.84. The number of carbonyl (C=O) groups is 2. The molecule has 1 aromatic carbocycles. The highest BCUT2D eigenvalue weighted by atomic mass is 35.5. The molecule has 2 aromatic heterocycles. The molecule has 0 saturated carbocycles. The van der Waals surface area contributed by atoms with Gasteiger partial charge in [-0.2, -0.15) is 5.10 Å². The average molecular weight is 546 g/mol. The lowest BCUT2D eigenvalue weighted by Crippen LogP contribution is -2.43. The number of carbonyl (C=O) groups excluding carboxylic acids is 2. The average Bonchev–Trinajstić information content (AvgIpc) is 3.43. The maximum atomic E-state index is 13.6. The number of nitrogens with one attached hydrogen (secondary N) is 1. The Labute approximate surface area is 225 Å². The molecule has 3 aromatic rings. The second kappa shape index (κ2) is 11.0. The molecule has 7 nitrogen and oxygen atoms in total. The molecule has 1 unspecified atom stereocenters. The summed E-state index contributed by atoms with van der Waals surface area (Å²) in [5.41, 5.74) is 2.33. The molecule has 0 radical (unpaired) electrons. The van der Waals surface area contributed by atoms with Crippen molar-refractivity contribution in [2.75, 3.05) is 44.4 Å². The van der Waals surface area contributed by atoms with Crippen LogP contribution in [0.5, 0.6) is 0 Å². The Morgan fingerprint density at radius 2 is 2.03 bits per heavy atom. The Hall–Kier alpha value is -2.33. The van der Waals surface area contributed by atoms with Crippen molar-refractivity contribution >= 4 is 52.3 Å². The summed E-state index contributed by atoms with van der Waals surface area (Å²) in [5, 5.41) is 10.6. The van der Waals surface area contributed by atoms with Crippen molar-refractivity contribution in [2.24, 2.45) is 0 Å². The molecule has 0 fully saturated rings. The van der Waals surface area contributed by atoms with Gasteiger partial charge in [0.15, 0.2) is 0 Å². The summed E-state index contributed by atoms with van der Waals surface area (Å²) < 4.78 is 1.79. The number of thioether (sulfide) groups is 1. The van der Waals surface area contributed by atoms with Gasteiger partial charge < -0.3 is 10.2 Å². The molecule has 0 aliphatic carbocycles. The minimum Gasteiger partial charge on any atom is -0.353 e. The smallest absolute Gasteiger partial charge is 0.240 e. The van der Waals surface area contributed by atoms with Crippen LogP contribution in [0.4, 0.5) is 5.82 Å². The summed E-state index contributed by atoms with van der Waals surface area (Å²) in [6.07, 6.45) is 0. The van der Waals surface area contributed by atoms with Crippen LogP contribution in [0.2, 0.25) is 5.02 Å². The first-order valence-corrected chi connectivity index (χ1v) is 14.1. The lowest BCUT2D eigenvalue weighted by Gasteiger charge is -2.24. The largest absolute Gasteiger partial charge is 0.353 e. The molecular weight excluding hydrogens is 514 g/mol. The molecule has 10 heteroatoms. The highest BCUT2D eigenvalue weighted by molar-refractivity contribution is 8.00. The number of anilines is 1. The maximum absolute atomic E-state index is 13.6. The zero-order valence-corrected chi connectivity index (χ0v) is 23.6. The molecular formula is C26H32ClN5O2S2. The van der Waals surface area contributed by atoms with E-state index in [4.69, 9.17) is 16.7 Å². The quantitative estimate of drug-likeness (QED) is 0.465. The number of halogens is 1. The van der Waals surface area contributed by atoms with Crippen molar-refractivity contribution in [1.29, 1.82) is 0 Å². The van der Waals surface area contributed by atoms with Crippen LogP contribution in [-0.2, 0) is 15.0 Å². The summed E-state index contributed by atoms with van der Waals surface area (Å²) in [7, 11) is 3.91. The Morgan fingerprint density at radius 3 is 2.67 bits per heavy atom. The van der Waals surface area contributed by atoms with Gasteiger partial charge >= 0.3 is 0 Å². The Bertz CT molecular complexity index is 1230. The SMILES string of the molecule is CN(C)CCNC(=O)CN1C(=O)CSC(c2cccs2)c2c(C(C)(C)C)nn(-c3cccc(Cl)c3)c21. The van der Waals surface area contributed by atoms with Gasteiger partial charge in [-0.15, -0.1) is 23.1 Å². The minimum absolute atomic E-state index is 0.0760. The Kier molecular flexibility index (Phi) is 8.14. The van der Waals surface area contributed by atoms with E-state index in [9.17, 15) is 9.59 Å². The van der Waals surface area contributed by atoms with E-state index in [1.807, 2.05) is 49.3 Å². The first kappa shape index (κ1) is 26.7. The number of hydrogen-bond acceptors (Lipinski definition) is 6. The third kappa shape index (κ3) is 5.80. The number of fused-ring (bicyclic) bond motifs is 1. The van der Waals surface area contributed by atoms with Crippen molar-refractivity contribution in [3.05, 3.63) is 62.9 Å². The first-order chi connectivity index (χ1) is 17.1. The normalized spacial score (nSPS) is 16.2.